The van der Waals surface area contributed by atoms with Crippen molar-refractivity contribution in [3.63, 3.8) is 0 Å². The van der Waals surface area contributed by atoms with Crippen molar-refractivity contribution in [3.05, 3.63) is 48.0 Å². The fraction of sp³-hybridized carbons (Fsp3) is 0.333. The first-order chi connectivity index (χ1) is 15.8. The molecule has 0 aromatic heterocycles. The third kappa shape index (κ3) is 7.64. The summed E-state index contributed by atoms with van der Waals surface area (Å²) in [6.07, 6.45) is 1.00. The van der Waals surface area contributed by atoms with E-state index < -0.39 is 11.8 Å². The first-order valence-electron chi connectivity index (χ1n) is 10.5. The van der Waals surface area contributed by atoms with Gasteiger partial charge < -0.3 is 20.1 Å². The molecule has 3 amide bonds. The Morgan fingerprint density at radius 1 is 0.970 bits per heavy atom. The summed E-state index contributed by atoms with van der Waals surface area (Å²) >= 11 is 0. The molecule has 0 aliphatic carbocycles. The second-order valence-electron chi connectivity index (χ2n) is 7.46. The van der Waals surface area contributed by atoms with E-state index in [0.717, 1.165) is 6.42 Å². The summed E-state index contributed by atoms with van der Waals surface area (Å²) in [7, 11) is 2.94. The van der Waals surface area contributed by atoms with Crippen LogP contribution in [-0.2, 0) is 14.4 Å². The number of anilines is 2. The van der Waals surface area contributed by atoms with Crippen molar-refractivity contribution in [3.8, 4) is 11.5 Å². The lowest BCUT2D eigenvalue weighted by Gasteiger charge is -2.11. The Morgan fingerprint density at radius 3 is 2.27 bits per heavy atom. The smallest absolute Gasteiger partial charge is 0.329 e. The topological polar surface area (TPSA) is 118 Å². The molecule has 0 unspecified atom stereocenters. The standard InChI is InChI=1S/C24H30N4O5/c1-6-15(2)17-7-9-18(10-8-17)25-22(29)13-16(3)27-28-24(31)23(30)26-20-12-11-19(32-4)14-21(20)33-5/h7-12,14-15H,6,13H2,1-5H3,(H,25,29)(H,26,30)(H,28,31)/b27-16-/t15-/m0/s1. The predicted octanol–water partition coefficient (Wildman–Crippen LogP) is 3.68. The Morgan fingerprint density at radius 2 is 1.67 bits per heavy atom. The molecule has 9 heteroatoms. The lowest BCUT2D eigenvalue weighted by molar-refractivity contribution is -0.136. The summed E-state index contributed by atoms with van der Waals surface area (Å²) in [4.78, 5) is 36.4. The van der Waals surface area contributed by atoms with Crippen molar-refractivity contribution in [1.82, 2.24) is 5.43 Å². The van der Waals surface area contributed by atoms with Crippen molar-refractivity contribution < 1.29 is 23.9 Å². The van der Waals surface area contributed by atoms with Gasteiger partial charge in [0.05, 0.1) is 26.3 Å². The van der Waals surface area contributed by atoms with E-state index in [-0.39, 0.29) is 12.3 Å². The van der Waals surface area contributed by atoms with E-state index in [0.29, 0.717) is 34.5 Å². The van der Waals surface area contributed by atoms with Crippen LogP contribution in [-0.4, -0.2) is 37.7 Å². The minimum atomic E-state index is -0.978. The van der Waals surface area contributed by atoms with Gasteiger partial charge in [0.25, 0.3) is 0 Å². The average Bonchev–Trinajstić information content (AvgIpc) is 2.82. The summed E-state index contributed by atoms with van der Waals surface area (Å²) in [5, 5.41) is 9.06. The molecule has 0 aliphatic heterocycles. The highest BCUT2D eigenvalue weighted by Gasteiger charge is 2.16. The van der Waals surface area contributed by atoms with Gasteiger partial charge in [0.1, 0.15) is 11.5 Å². The van der Waals surface area contributed by atoms with Gasteiger partial charge in [-0.1, -0.05) is 26.0 Å². The number of carbonyl (C=O) groups excluding carboxylic acids is 3. The number of hydrogen-bond acceptors (Lipinski definition) is 6. The van der Waals surface area contributed by atoms with Crippen LogP contribution in [0.3, 0.4) is 0 Å². The Bertz CT molecular complexity index is 1020. The minimum Gasteiger partial charge on any atom is -0.497 e. The molecule has 33 heavy (non-hydrogen) atoms. The van der Waals surface area contributed by atoms with Gasteiger partial charge in [-0.3, -0.25) is 14.4 Å². The summed E-state index contributed by atoms with van der Waals surface area (Å²) in [6.45, 7) is 5.85. The summed E-state index contributed by atoms with van der Waals surface area (Å²) in [6, 6.07) is 12.4. The van der Waals surface area contributed by atoms with Crippen LogP contribution in [0.15, 0.2) is 47.6 Å². The SMILES string of the molecule is CC[C@H](C)c1ccc(NC(=O)C/C(C)=N\NC(=O)C(=O)Nc2ccc(OC)cc2OC)cc1. The lowest BCUT2D eigenvalue weighted by Crippen LogP contribution is -2.33. The maximum absolute atomic E-state index is 12.2. The van der Waals surface area contributed by atoms with Crippen LogP contribution in [0.2, 0.25) is 0 Å². The number of ether oxygens (including phenoxy) is 2. The number of methoxy groups -OCH3 is 2. The van der Waals surface area contributed by atoms with Gasteiger partial charge in [-0.25, -0.2) is 5.43 Å². The molecule has 3 N–H and O–H groups in total. The number of hydrazone groups is 1. The monoisotopic (exact) mass is 454 g/mol. The highest BCUT2D eigenvalue weighted by Crippen LogP contribution is 2.28. The van der Waals surface area contributed by atoms with E-state index in [1.54, 1.807) is 25.1 Å². The molecule has 1 atom stereocenters. The van der Waals surface area contributed by atoms with Crippen molar-refractivity contribution in [2.24, 2.45) is 5.10 Å². The molecule has 176 valence electrons. The molecule has 0 bridgehead atoms. The van der Waals surface area contributed by atoms with Crippen LogP contribution in [0.4, 0.5) is 11.4 Å². The third-order valence-electron chi connectivity index (χ3n) is 5.00. The molecule has 2 rings (SSSR count). The number of nitrogens with zero attached hydrogens (tertiary/aromatic N) is 1. The number of nitrogens with one attached hydrogen (secondary N) is 3. The van der Waals surface area contributed by atoms with Gasteiger partial charge in [0.15, 0.2) is 0 Å². The number of hydrogen-bond donors (Lipinski definition) is 3. The van der Waals surface area contributed by atoms with Crippen LogP contribution in [0, 0.1) is 0 Å². The van der Waals surface area contributed by atoms with E-state index in [9.17, 15) is 14.4 Å². The van der Waals surface area contributed by atoms with Gasteiger partial charge in [-0.2, -0.15) is 5.10 Å². The van der Waals surface area contributed by atoms with E-state index in [1.807, 2.05) is 24.3 Å². The van der Waals surface area contributed by atoms with Gasteiger partial charge >= 0.3 is 11.8 Å². The fourth-order valence-electron chi connectivity index (χ4n) is 2.89. The van der Waals surface area contributed by atoms with Crippen molar-refractivity contribution in [1.29, 1.82) is 0 Å². The van der Waals surface area contributed by atoms with Crippen molar-refractivity contribution >= 4 is 34.8 Å². The summed E-state index contributed by atoms with van der Waals surface area (Å²) < 4.78 is 10.3. The predicted molar refractivity (Wildman–Crippen MR) is 128 cm³/mol. The van der Waals surface area contributed by atoms with Gasteiger partial charge in [0, 0.05) is 17.5 Å². The highest BCUT2D eigenvalue weighted by molar-refractivity contribution is 6.39. The molecular weight excluding hydrogens is 424 g/mol. The molecular formula is C24H30N4O5. The van der Waals surface area contributed by atoms with E-state index in [2.05, 4.69) is 35.0 Å². The largest absolute Gasteiger partial charge is 0.497 e. The van der Waals surface area contributed by atoms with Gasteiger partial charge in [-0.05, 0) is 49.1 Å². The van der Waals surface area contributed by atoms with Gasteiger partial charge in [0.2, 0.25) is 5.91 Å². The molecule has 0 spiro atoms. The molecule has 2 aromatic carbocycles. The number of benzene rings is 2. The van der Waals surface area contributed by atoms with Crippen molar-refractivity contribution in [2.75, 3.05) is 24.9 Å². The molecule has 9 nitrogen and oxygen atoms in total. The third-order valence-corrected chi connectivity index (χ3v) is 5.00. The maximum atomic E-state index is 12.2. The Kier molecular flexibility index (Phi) is 9.41. The van der Waals surface area contributed by atoms with Crippen LogP contribution >= 0.6 is 0 Å². The first-order valence-corrected chi connectivity index (χ1v) is 10.5. The summed E-state index contributed by atoms with van der Waals surface area (Å²) in [5.74, 6) is -0.859. The second-order valence-corrected chi connectivity index (χ2v) is 7.46. The zero-order valence-electron chi connectivity index (χ0n) is 19.5. The minimum absolute atomic E-state index is 0.0404. The average molecular weight is 455 g/mol. The summed E-state index contributed by atoms with van der Waals surface area (Å²) in [5.41, 5.74) is 4.68. The second kappa shape index (κ2) is 12.2. The Balaban J connectivity index is 1.87. The number of carbonyl (C=O) groups is 3. The van der Waals surface area contributed by atoms with E-state index >= 15 is 0 Å². The molecule has 0 saturated heterocycles. The van der Waals surface area contributed by atoms with Crippen LogP contribution in [0.25, 0.3) is 0 Å². The normalized spacial score (nSPS) is 11.8. The quantitative estimate of drug-likeness (QED) is 0.303. The lowest BCUT2D eigenvalue weighted by atomic mass is 9.99. The molecule has 2 aromatic rings. The molecule has 0 fully saturated rings. The van der Waals surface area contributed by atoms with Crippen molar-refractivity contribution in [2.45, 2.75) is 39.5 Å². The highest BCUT2D eigenvalue weighted by atomic mass is 16.5. The van der Waals surface area contributed by atoms with Gasteiger partial charge in [-0.15, -0.1) is 0 Å². The van der Waals surface area contributed by atoms with E-state index in [1.165, 1.54) is 19.8 Å². The molecule has 0 saturated carbocycles. The van der Waals surface area contributed by atoms with Crippen LogP contribution in [0.1, 0.15) is 45.1 Å². The van der Waals surface area contributed by atoms with Crippen LogP contribution < -0.4 is 25.5 Å². The molecule has 0 radical (unpaired) electrons. The Hall–Kier alpha value is -3.88. The Labute approximate surface area is 193 Å². The number of rotatable bonds is 9. The number of amides is 3. The fourth-order valence-corrected chi connectivity index (χ4v) is 2.89. The zero-order chi connectivity index (χ0) is 24.4. The van der Waals surface area contributed by atoms with E-state index in [4.69, 9.17) is 9.47 Å². The molecule has 0 heterocycles. The first kappa shape index (κ1) is 25.4. The van der Waals surface area contributed by atoms with Crippen LogP contribution in [0.5, 0.6) is 11.5 Å². The zero-order valence-corrected chi connectivity index (χ0v) is 19.5. The molecule has 0 aliphatic rings. The maximum Gasteiger partial charge on any atom is 0.329 e.